The summed E-state index contributed by atoms with van der Waals surface area (Å²) in [6.07, 6.45) is 4.02. The zero-order valence-corrected chi connectivity index (χ0v) is 8.51. The lowest BCUT2D eigenvalue weighted by Gasteiger charge is -2.12. The number of nitrogens with one attached hydrogen (secondary N) is 2. The molecule has 4 nitrogen and oxygen atoms in total. The van der Waals surface area contributed by atoms with E-state index in [1.807, 2.05) is 0 Å². The predicted molar refractivity (Wildman–Crippen MR) is 55.2 cm³/mol. The van der Waals surface area contributed by atoms with E-state index in [0.717, 1.165) is 18.4 Å². The molecular formula is C9H20N4. The lowest BCUT2D eigenvalue weighted by molar-refractivity contribution is 0.503. The minimum atomic E-state index is 0.680. The normalized spacial score (nSPS) is 29.0. The average Bonchev–Trinajstić information content (AvgIpc) is 2.53. The third kappa shape index (κ3) is 3.22. The van der Waals surface area contributed by atoms with Gasteiger partial charge in [0.25, 0.3) is 0 Å². The fourth-order valence-corrected chi connectivity index (χ4v) is 1.95. The van der Waals surface area contributed by atoms with E-state index in [1.165, 1.54) is 19.3 Å². The third-order valence-electron chi connectivity index (χ3n) is 2.72. The first-order chi connectivity index (χ1) is 6.26. The predicted octanol–water partition coefficient (Wildman–Crippen LogP) is 0.461. The largest absolute Gasteiger partial charge is 0.355 e. The molecular weight excluding hydrogens is 164 g/mol. The summed E-state index contributed by atoms with van der Waals surface area (Å²) in [5.41, 5.74) is 2.53. The number of hydrazine groups is 1. The molecule has 0 heterocycles. The summed E-state index contributed by atoms with van der Waals surface area (Å²) in [6.45, 7) is 3.30. The van der Waals surface area contributed by atoms with Crippen LogP contribution in [0.5, 0.6) is 0 Å². The summed E-state index contributed by atoms with van der Waals surface area (Å²) in [5, 5.41) is 3.20. The highest BCUT2D eigenvalue weighted by molar-refractivity contribution is 5.78. The fourth-order valence-electron chi connectivity index (χ4n) is 1.95. The third-order valence-corrected chi connectivity index (χ3v) is 2.72. The molecule has 0 aromatic heterocycles. The van der Waals surface area contributed by atoms with Crippen LogP contribution in [0.4, 0.5) is 0 Å². The molecule has 0 amide bonds. The van der Waals surface area contributed by atoms with Gasteiger partial charge in [-0.2, -0.15) is 0 Å². The van der Waals surface area contributed by atoms with Gasteiger partial charge in [-0.05, 0) is 24.7 Å². The molecule has 1 aliphatic carbocycles. The van der Waals surface area contributed by atoms with Crippen molar-refractivity contribution in [3.05, 3.63) is 0 Å². The van der Waals surface area contributed by atoms with Crippen LogP contribution >= 0.6 is 0 Å². The van der Waals surface area contributed by atoms with E-state index >= 15 is 0 Å². The van der Waals surface area contributed by atoms with Crippen molar-refractivity contribution in [2.45, 2.75) is 26.2 Å². The highest BCUT2D eigenvalue weighted by Gasteiger charge is 2.20. The van der Waals surface area contributed by atoms with Crippen LogP contribution in [0, 0.1) is 11.8 Å². The quantitative estimate of drug-likeness (QED) is 0.253. The monoisotopic (exact) mass is 184 g/mol. The molecule has 1 saturated carbocycles. The van der Waals surface area contributed by atoms with E-state index in [2.05, 4.69) is 22.7 Å². The Morgan fingerprint density at radius 1 is 1.54 bits per heavy atom. The number of nitrogens with two attached hydrogens (primary N) is 1. The zero-order valence-electron chi connectivity index (χ0n) is 8.51. The molecule has 4 heteroatoms. The van der Waals surface area contributed by atoms with Crippen LogP contribution in [-0.2, 0) is 0 Å². The molecule has 0 aromatic carbocycles. The maximum absolute atomic E-state index is 5.25. The van der Waals surface area contributed by atoms with Gasteiger partial charge >= 0.3 is 0 Å². The summed E-state index contributed by atoms with van der Waals surface area (Å²) >= 11 is 0. The molecule has 2 unspecified atom stereocenters. The van der Waals surface area contributed by atoms with Gasteiger partial charge in [0.15, 0.2) is 0 Å². The van der Waals surface area contributed by atoms with E-state index in [9.17, 15) is 0 Å². The van der Waals surface area contributed by atoms with Crippen LogP contribution in [0.2, 0.25) is 0 Å². The van der Waals surface area contributed by atoms with Crippen molar-refractivity contribution in [1.29, 1.82) is 0 Å². The lowest BCUT2D eigenvalue weighted by atomic mass is 10.1. The maximum Gasteiger partial charge on any atom is 0.205 e. The van der Waals surface area contributed by atoms with Crippen LogP contribution < -0.4 is 16.6 Å². The standard InChI is InChI=1S/C9H20N4/c1-7-3-4-8(5-7)6-12-9(11-2)13-10/h7-8H,3-6,10H2,1-2H3,(H2,11,12,13). The van der Waals surface area contributed by atoms with Crippen molar-refractivity contribution >= 4 is 5.96 Å². The molecule has 4 N–H and O–H groups in total. The molecule has 0 bridgehead atoms. The highest BCUT2D eigenvalue weighted by atomic mass is 15.3. The summed E-state index contributed by atoms with van der Waals surface area (Å²) in [5.74, 6) is 7.61. The molecule has 0 aliphatic heterocycles. The van der Waals surface area contributed by atoms with Crippen molar-refractivity contribution in [3.8, 4) is 0 Å². The van der Waals surface area contributed by atoms with Gasteiger partial charge in [0.05, 0.1) is 0 Å². The van der Waals surface area contributed by atoms with Gasteiger partial charge in [0, 0.05) is 13.6 Å². The molecule has 1 rings (SSSR count). The van der Waals surface area contributed by atoms with Gasteiger partial charge in [0.1, 0.15) is 0 Å². The highest BCUT2D eigenvalue weighted by Crippen LogP contribution is 2.29. The van der Waals surface area contributed by atoms with Crippen LogP contribution in [0.1, 0.15) is 26.2 Å². The van der Waals surface area contributed by atoms with Gasteiger partial charge in [-0.15, -0.1) is 0 Å². The van der Waals surface area contributed by atoms with E-state index in [-0.39, 0.29) is 0 Å². The zero-order chi connectivity index (χ0) is 9.68. The average molecular weight is 184 g/mol. The van der Waals surface area contributed by atoms with Gasteiger partial charge in [-0.25, -0.2) is 5.84 Å². The van der Waals surface area contributed by atoms with Crippen LogP contribution in [0.3, 0.4) is 0 Å². The van der Waals surface area contributed by atoms with Gasteiger partial charge in [0.2, 0.25) is 5.96 Å². The van der Waals surface area contributed by atoms with Gasteiger partial charge in [-0.3, -0.25) is 10.4 Å². The van der Waals surface area contributed by atoms with Crippen molar-refractivity contribution in [1.82, 2.24) is 10.7 Å². The molecule has 0 radical (unpaired) electrons. The number of guanidine groups is 1. The Bertz CT molecular complexity index is 178. The SMILES string of the molecule is CN=C(NN)NCC1CCC(C)C1. The Labute approximate surface area is 80.0 Å². The second kappa shape index (κ2) is 5.07. The Balaban J connectivity index is 2.19. The summed E-state index contributed by atoms with van der Waals surface area (Å²) in [4.78, 5) is 3.96. The Morgan fingerprint density at radius 3 is 2.77 bits per heavy atom. The molecule has 0 aromatic rings. The second-order valence-corrected chi connectivity index (χ2v) is 3.88. The topological polar surface area (TPSA) is 62.4 Å². The van der Waals surface area contributed by atoms with Crippen LogP contribution in [0.15, 0.2) is 4.99 Å². The van der Waals surface area contributed by atoms with Crippen molar-refractivity contribution < 1.29 is 0 Å². The summed E-state index contributed by atoms with van der Waals surface area (Å²) < 4.78 is 0. The Kier molecular flexibility index (Phi) is 4.02. The minimum Gasteiger partial charge on any atom is -0.355 e. The van der Waals surface area contributed by atoms with Crippen LogP contribution in [0.25, 0.3) is 0 Å². The molecule has 13 heavy (non-hydrogen) atoms. The van der Waals surface area contributed by atoms with Crippen LogP contribution in [-0.4, -0.2) is 19.6 Å². The number of rotatable bonds is 2. The summed E-state index contributed by atoms with van der Waals surface area (Å²) in [7, 11) is 1.72. The van der Waals surface area contributed by atoms with Crippen molar-refractivity contribution in [2.24, 2.45) is 22.7 Å². The molecule has 0 saturated heterocycles. The summed E-state index contributed by atoms with van der Waals surface area (Å²) in [6, 6.07) is 0. The molecule has 2 atom stereocenters. The van der Waals surface area contributed by atoms with E-state index in [4.69, 9.17) is 5.84 Å². The molecule has 76 valence electrons. The van der Waals surface area contributed by atoms with Gasteiger partial charge < -0.3 is 5.32 Å². The first kappa shape index (κ1) is 10.3. The number of hydrogen-bond donors (Lipinski definition) is 3. The Hall–Kier alpha value is -0.770. The van der Waals surface area contributed by atoms with E-state index in [1.54, 1.807) is 7.05 Å². The first-order valence-electron chi connectivity index (χ1n) is 4.93. The van der Waals surface area contributed by atoms with Crippen molar-refractivity contribution in [3.63, 3.8) is 0 Å². The first-order valence-corrected chi connectivity index (χ1v) is 4.93. The number of hydrogen-bond acceptors (Lipinski definition) is 2. The smallest absolute Gasteiger partial charge is 0.205 e. The minimum absolute atomic E-state index is 0.680. The number of aliphatic imine (C=N–C) groups is 1. The number of nitrogens with zero attached hydrogens (tertiary/aromatic N) is 1. The van der Waals surface area contributed by atoms with Crippen molar-refractivity contribution in [2.75, 3.05) is 13.6 Å². The molecule has 1 aliphatic rings. The Morgan fingerprint density at radius 2 is 2.31 bits per heavy atom. The van der Waals surface area contributed by atoms with E-state index in [0.29, 0.717) is 5.96 Å². The molecule has 0 spiro atoms. The van der Waals surface area contributed by atoms with E-state index < -0.39 is 0 Å². The molecule has 1 fully saturated rings. The maximum atomic E-state index is 5.25. The van der Waals surface area contributed by atoms with Gasteiger partial charge in [-0.1, -0.05) is 13.3 Å². The second-order valence-electron chi connectivity index (χ2n) is 3.88. The fraction of sp³-hybridized carbons (Fsp3) is 0.889. The lowest BCUT2D eigenvalue weighted by Crippen LogP contribution is -2.43.